The van der Waals surface area contributed by atoms with Crippen LogP contribution in [0.5, 0.6) is 0 Å². The fourth-order valence-electron chi connectivity index (χ4n) is 1.68. The average molecular weight is 410 g/mol. The molecule has 0 spiro atoms. The molecule has 0 fully saturated rings. The highest BCUT2D eigenvalue weighted by molar-refractivity contribution is 7.14. The third-order valence-corrected chi connectivity index (χ3v) is 3.89. The van der Waals surface area contributed by atoms with Crippen LogP contribution in [0, 0.1) is 22.7 Å². The number of aliphatic carboxylic acids is 2. The number of thiophene rings is 1. The van der Waals surface area contributed by atoms with E-state index in [9.17, 15) is 35.9 Å². The number of rotatable bonds is 4. The third-order valence-electron chi connectivity index (χ3n) is 2.81. The molecule has 0 aliphatic carbocycles. The van der Waals surface area contributed by atoms with Gasteiger partial charge < -0.3 is 10.2 Å². The second-order valence-corrected chi connectivity index (χ2v) is 5.61. The molecule has 6 nitrogen and oxygen atoms in total. The van der Waals surface area contributed by atoms with Crippen LogP contribution in [0.15, 0.2) is 11.1 Å². The molecule has 0 radical (unpaired) electrons. The van der Waals surface area contributed by atoms with Crippen molar-refractivity contribution in [1.29, 1.82) is 10.5 Å². The lowest BCUT2D eigenvalue weighted by Crippen LogP contribution is -2.19. The number of hydrogen-bond acceptors (Lipinski definition) is 5. The summed E-state index contributed by atoms with van der Waals surface area (Å²) in [6, 6.07) is 2.60. The van der Waals surface area contributed by atoms with Gasteiger partial charge in [0.25, 0.3) is 0 Å². The highest BCUT2D eigenvalue weighted by Gasteiger charge is 2.40. The topological polar surface area (TPSA) is 122 Å². The van der Waals surface area contributed by atoms with E-state index in [0.717, 1.165) is 0 Å². The van der Waals surface area contributed by atoms with Gasteiger partial charge in [0.15, 0.2) is 0 Å². The van der Waals surface area contributed by atoms with E-state index in [4.69, 9.17) is 20.7 Å². The first-order valence-electron chi connectivity index (χ1n) is 6.25. The van der Waals surface area contributed by atoms with E-state index in [2.05, 4.69) is 0 Å². The number of alkyl halides is 6. The van der Waals surface area contributed by atoms with Gasteiger partial charge in [-0.05, 0) is 12.2 Å². The number of hydrogen-bond donors (Lipinski definition) is 2. The normalized spacial score (nSPS) is 13.0. The molecule has 0 atom stereocenters. The largest absolute Gasteiger partial charge is 0.478 e. The Kier molecular flexibility index (Phi) is 6.04. The zero-order chi connectivity index (χ0) is 21.2. The fourth-order valence-corrected chi connectivity index (χ4v) is 2.77. The molecule has 0 bridgehead atoms. The summed E-state index contributed by atoms with van der Waals surface area (Å²) in [5, 5.41) is 35.2. The van der Waals surface area contributed by atoms with Crippen LogP contribution in [0.4, 0.5) is 26.3 Å². The zero-order valence-corrected chi connectivity index (χ0v) is 13.3. The molecule has 1 aromatic heterocycles. The molecule has 2 N–H and O–H groups in total. The first-order valence-corrected chi connectivity index (χ1v) is 7.07. The number of nitrogens with zero attached hydrogens (tertiary/aromatic N) is 2. The molecule has 13 heteroatoms. The van der Waals surface area contributed by atoms with E-state index in [-0.39, 0.29) is 23.5 Å². The summed E-state index contributed by atoms with van der Waals surface area (Å²) >= 11 is 0.0345. The van der Waals surface area contributed by atoms with Gasteiger partial charge in [0, 0.05) is 9.75 Å². The summed E-state index contributed by atoms with van der Waals surface area (Å²) in [6.45, 7) is 0. The molecule has 0 saturated heterocycles. The molecule has 27 heavy (non-hydrogen) atoms. The van der Waals surface area contributed by atoms with E-state index < -0.39 is 56.3 Å². The predicted molar refractivity (Wildman–Crippen MR) is 77.1 cm³/mol. The molecule has 0 unspecified atom stereocenters. The van der Waals surface area contributed by atoms with Crippen molar-refractivity contribution < 1.29 is 46.1 Å². The summed E-state index contributed by atoms with van der Waals surface area (Å²) in [5.74, 6) is -4.84. The van der Waals surface area contributed by atoms with Gasteiger partial charge in [-0.15, -0.1) is 11.3 Å². The first-order chi connectivity index (χ1) is 12.2. The van der Waals surface area contributed by atoms with Gasteiger partial charge in [0.2, 0.25) is 0 Å². The molecule has 1 aromatic rings. The number of carbonyl (C=O) groups is 2. The van der Waals surface area contributed by atoms with E-state index in [0.29, 0.717) is 0 Å². The van der Waals surface area contributed by atoms with Gasteiger partial charge in [-0.25, -0.2) is 9.59 Å². The Bertz CT molecular complexity index is 867. The molecule has 0 aromatic carbocycles. The Balaban J connectivity index is 3.82. The van der Waals surface area contributed by atoms with Crippen LogP contribution in [0.25, 0.3) is 12.2 Å². The number of nitriles is 2. The number of carboxylic acid groups (broad SMARTS) is 2. The maximum Gasteiger partial charge on any atom is 0.423 e. The van der Waals surface area contributed by atoms with Crippen LogP contribution in [0.1, 0.15) is 20.9 Å². The monoisotopic (exact) mass is 410 g/mol. The van der Waals surface area contributed by atoms with Crippen molar-refractivity contribution in [2.45, 2.75) is 12.4 Å². The van der Waals surface area contributed by atoms with Gasteiger partial charge in [0.05, 0.1) is 11.1 Å². The minimum absolute atomic E-state index is 0.0161. The smallest absolute Gasteiger partial charge is 0.423 e. The van der Waals surface area contributed by atoms with Crippen LogP contribution in [0.3, 0.4) is 0 Å². The molecule has 1 heterocycles. The quantitative estimate of drug-likeness (QED) is 0.578. The van der Waals surface area contributed by atoms with Crippen LogP contribution < -0.4 is 0 Å². The van der Waals surface area contributed by atoms with Crippen LogP contribution in [0.2, 0.25) is 0 Å². The van der Waals surface area contributed by atoms with Crippen LogP contribution in [-0.2, 0) is 9.59 Å². The highest BCUT2D eigenvalue weighted by atomic mass is 32.1. The lowest BCUT2D eigenvalue weighted by atomic mass is 10.1. The lowest BCUT2D eigenvalue weighted by Gasteiger charge is -2.06. The summed E-state index contributed by atoms with van der Waals surface area (Å²) in [5.41, 5.74) is -5.89. The summed E-state index contributed by atoms with van der Waals surface area (Å²) < 4.78 is 76.3. The first kappa shape index (κ1) is 21.7. The van der Waals surface area contributed by atoms with Crippen molar-refractivity contribution in [3.05, 3.63) is 32.0 Å². The van der Waals surface area contributed by atoms with Gasteiger partial charge >= 0.3 is 24.3 Å². The number of halogens is 6. The van der Waals surface area contributed by atoms with Gasteiger partial charge in [-0.1, -0.05) is 0 Å². The summed E-state index contributed by atoms with van der Waals surface area (Å²) in [4.78, 5) is 20.0. The van der Waals surface area contributed by atoms with Crippen molar-refractivity contribution in [2.24, 2.45) is 0 Å². The Labute approximate surface area is 149 Å². The maximum atomic E-state index is 12.7. The molecule has 142 valence electrons. The Morgan fingerprint density at radius 1 is 0.815 bits per heavy atom. The van der Waals surface area contributed by atoms with Crippen molar-refractivity contribution in [3.8, 4) is 12.1 Å². The standard InChI is InChI=1S/C14H4F6N2O4S/c15-13(16,17)7(11(23)24)1-9-5(3-21)6(4-22)10(27-9)2-8(12(25)26)14(18,19)20/h1-2H,(H,23,24)(H,25,26)/b7-1-,8-2-. The van der Waals surface area contributed by atoms with Gasteiger partial charge in [-0.3, -0.25) is 0 Å². The Hall–Kier alpha value is -3.32. The molecule has 0 amide bonds. The third kappa shape index (κ3) is 4.86. The van der Waals surface area contributed by atoms with Crippen molar-refractivity contribution >= 4 is 35.4 Å². The summed E-state index contributed by atoms with van der Waals surface area (Å²) in [6.07, 6.45) is -10.7. The Morgan fingerprint density at radius 2 is 1.11 bits per heavy atom. The average Bonchev–Trinajstić information content (AvgIpc) is 2.83. The van der Waals surface area contributed by atoms with E-state index in [1.54, 1.807) is 0 Å². The number of carboxylic acids is 2. The fraction of sp³-hybridized carbons (Fsp3) is 0.143. The van der Waals surface area contributed by atoms with Gasteiger partial charge in [0.1, 0.15) is 23.3 Å². The van der Waals surface area contributed by atoms with Crippen LogP contribution in [-0.4, -0.2) is 34.5 Å². The molecular formula is C14H4F6N2O4S. The molecule has 0 saturated carbocycles. The van der Waals surface area contributed by atoms with E-state index in [1.165, 1.54) is 12.1 Å². The van der Waals surface area contributed by atoms with Crippen LogP contribution >= 0.6 is 11.3 Å². The maximum absolute atomic E-state index is 12.7. The predicted octanol–water partition coefficient (Wildman–Crippen LogP) is 3.55. The van der Waals surface area contributed by atoms with Crippen molar-refractivity contribution in [1.82, 2.24) is 0 Å². The van der Waals surface area contributed by atoms with Crippen molar-refractivity contribution in [2.75, 3.05) is 0 Å². The lowest BCUT2D eigenvalue weighted by molar-refractivity contribution is -0.146. The highest BCUT2D eigenvalue weighted by Crippen LogP contribution is 2.36. The molecule has 0 aliphatic rings. The van der Waals surface area contributed by atoms with E-state index in [1.807, 2.05) is 0 Å². The minimum atomic E-state index is -5.36. The van der Waals surface area contributed by atoms with E-state index >= 15 is 0 Å². The summed E-state index contributed by atoms with van der Waals surface area (Å²) in [7, 11) is 0. The molecule has 1 rings (SSSR count). The minimum Gasteiger partial charge on any atom is -0.478 e. The Morgan fingerprint density at radius 3 is 1.30 bits per heavy atom. The van der Waals surface area contributed by atoms with Crippen molar-refractivity contribution in [3.63, 3.8) is 0 Å². The zero-order valence-electron chi connectivity index (χ0n) is 12.4. The molecular weight excluding hydrogens is 406 g/mol. The second kappa shape index (κ2) is 7.51. The SMILES string of the molecule is N#Cc1c(/C=C(/C(=O)O)C(F)(F)F)sc(/C=C(/C(=O)O)C(F)(F)F)c1C#N. The second-order valence-electron chi connectivity index (χ2n) is 4.53. The molecule has 0 aliphatic heterocycles. The van der Waals surface area contributed by atoms with Gasteiger partial charge in [-0.2, -0.15) is 36.9 Å².